The summed E-state index contributed by atoms with van der Waals surface area (Å²) in [6.07, 6.45) is 9.00. The van der Waals surface area contributed by atoms with Crippen molar-refractivity contribution in [3.8, 4) is 0 Å². The average molecular weight is 305 g/mol. The molecule has 3 heteroatoms. The summed E-state index contributed by atoms with van der Waals surface area (Å²) in [5, 5.41) is 3.77. The van der Waals surface area contributed by atoms with Crippen LogP contribution in [-0.2, 0) is 0 Å². The SMILES string of the molecule is CSc1ccc(C2C(CNC3CC3)CCCCN2C)cc1. The van der Waals surface area contributed by atoms with Crippen LogP contribution in [-0.4, -0.2) is 37.3 Å². The number of hydrogen-bond donors (Lipinski definition) is 1. The van der Waals surface area contributed by atoms with Gasteiger partial charge in [-0.2, -0.15) is 0 Å². The minimum Gasteiger partial charge on any atom is -0.314 e. The summed E-state index contributed by atoms with van der Waals surface area (Å²) in [7, 11) is 2.31. The maximum Gasteiger partial charge on any atom is 0.0385 e. The van der Waals surface area contributed by atoms with Crippen molar-refractivity contribution in [3.05, 3.63) is 29.8 Å². The van der Waals surface area contributed by atoms with E-state index in [4.69, 9.17) is 0 Å². The van der Waals surface area contributed by atoms with Gasteiger partial charge in [-0.3, -0.25) is 4.90 Å². The van der Waals surface area contributed by atoms with Crippen LogP contribution < -0.4 is 5.32 Å². The van der Waals surface area contributed by atoms with Crippen LogP contribution >= 0.6 is 11.8 Å². The van der Waals surface area contributed by atoms with Gasteiger partial charge in [0.1, 0.15) is 0 Å². The van der Waals surface area contributed by atoms with Crippen molar-refractivity contribution in [2.24, 2.45) is 5.92 Å². The molecule has 2 atom stereocenters. The third-order valence-corrected chi connectivity index (χ3v) is 5.70. The van der Waals surface area contributed by atoms with Gasteiger partial charge in [-0.05, 0) is 69.1 Å². The van der Waals surface area contributed by atoms with Crippen LogP contribution in [0.4, 0.5) is 0 Å². The van der Waals surface area contributed by atoms with Gasteiger partial charge in [0, 0.05) is 23.5 Å². The molecule has 0 aromatic heterocycles. The topological polar surface area (TPSA) is 15.3 Å². The highest BCUT2D eigenvalue weighted by Gasteiger charge is 2.30. The molecule has 2 unspecified atom stereocenters. The Morgan fingerprint density at radius 2 is 1.90 bits per heavy atom. The molecule has 1 aliphatic heterocycles. The summed E-state index contributed by atoms with van der Waals surface area (Å²) in [5.74, 6) is 0.748. The van der Waals surface area contributed by atoms with E-state index in [0.717, 1.165) is 12.0 Å². The molecule has 21 heavy (non-hydrogen) atoms. The number of benzene rings is 1. The molecule has 2 aliphatic rings. The van der Waals surface area contributed by atoms with Gasteiger partial charge in [0.05, 0.1) is 0 Å². The van der Waals surface area contributed by atoms with Crippen LogP contribution in [0, 0.1) is 5.92 Å². The molecule has 1 aromatic carbocycles. The molecule has 0 radical (unpaired) electrons. The lowest BCUT2D eigenvalue weighted by molar-refractivity contribution is 0.188. The fourth-order valence-corrected chi connectivity index (χ4v) is 3.98. The average Bonchev–Trinajstić information content (AvgIpc) is 3.33. The number of likely N-dealkylation sites (tertiary alicyclic amines) is 1. The van der Waals surface area contributed by atoms with E-state index in [-0.39, 0.29) is 0 Å². The molecule has 0 amide bonds. The van der Waals surface area contributed by atoms with Gasteiger partial charge in [-0.25, -0.2) is 0 Å². The van der Waals surface area contributed by atoms with Gasteiger partial charge in [-0.15, -0.1) is 11.8 Å². The summed E-state index contributed by atoms with van der Waals surface area (Å²) < 4.78 is 0. The van der Waals surface area contributed by atoms with Gasteiger partial charge in [0.15, 0.2) is 0 Å². The first kappa shape index (κ1) is 15.4. The molecule has 1 saturated heterocycles. The Morgan fingerprint density at radius 1 is 1.14 bits per heavy atom. The van der Waals surface area contributed by atoms with Gasteiger partial charge >= 0.3 is 0 Å². The zero-order valence-corrected chi connectivity index (χ0v) is 14.2. The third kappa shape index (κ3) is 4.02. The third-order valence-electron chi connectivity index (χ3n) is 4.96. The van der Waals surface area contributed by atoms with Gasteiger partial charge in [0.25, 0.3) is 0 Å². The first-order valence-corrected chi connectivity index (χ1v) is 9.58. The van der Waals surface area contributed by atoms with E-state index in [2.05, 4.69) is 47.8 Å². The lowest BCUT2D eigenvalue weighted by Crippen LogP contribution is -2.35. The zero-order valence-electron chi connectivity index (χ0n) is 13.3. The minimum atomic E-state index is 0.578. The monoisotopic (exact) mass is 304 g/mol. The van der Waals surface area contributed by atoms with Crippen LogP contribution in [0.2, 0.25) is 0 Å². The Labute approximate surface area is 133 Å². The highest BCUT2D eigenvalue weighted by atomic mass is 32.2. The number of hydrogen-bond acceptors (Lipinski definition) is 3. The Bertz CT molecular complexity index is 441. The first-order chi connectivity index (χ1) is 10.3. The van der Waals surface area contributed by atoms with E-state index in [1.54, 1.807) is 0 Å². The molecule has 1 heterocycles. The first-order valence-electron chi connectivity index (χ1n) is 8.35. The van der Waals surface area contributed by atoms with Crippen molar-refractivity contribution >= 4 is 11.8 Å². The molecule has 2 fully saturated rings. The van der Waals surface area contributed by atoms with Crippen molar-refractivity contribution < 1.29 is 0 Å². The van der Waals surface area contributed by atoms with Gasteiger partial charge in [0.2, 0.25) is 0 Å². The summed E-state index contributed by atoms with van der Waals surface area (Å²) in [6.45, 7) is 2.42. The van der Waals surface area contributed by atoms with Gasteiger partial charge in [-0.1, -0.05) is 18.6 Å². The molecule has 1 aliphatic carbocycles. The lowest BCUT2D eigenvalue weighted by atomic mass is 9.89. The maximum absolute atomic E-state index is 3.77. The van der Waals surface area contributed by atoms with E-state index >= 15 is 0 Å². The van der Waals surface area contributed by atoms with Crippen LogP contribution in [0.1, 0.15) is 43.7 Å². The number of rotatable bonds is 5. The Balaban J connectivity index is 1.76. The summed E-state index contributed by atoms with van der Waals surface area (Å²) in [6, 6.07) is 10.7. The quantitative estimate of drug-likeness (QED) is 0.830. The Kier molecular flexibility index (Phi) is 5.25. The molecule has 2 nitrogen and oxygen atoms in total. The van der Waals surface area contributed by atoms with Crippen LogP contribution in [0.5, 0.6) is 0 Å². The standard InChI is InChI=1S/C18H28N2S/c1-20-12-4-3-5-15(13-19-16-8-9-16)18(20)14-6-10-17(21-2)11-7-14/h6-7,10-11,15-16,18-19H,3-5,8-9,12-13H2,1-2H3. The van der Waals surface area contributed by atoms with Crippen molar-refractivity contribution in [3.63, 3.8) is 0 Å². The summed E-state index contributed by atoms with van der Waals surface area (Å²) >= 11 is 1.83. The second-order valence-corrected chi connectivity index (χ2v) is 7.52. The molecule has 3 rings (SSSR count). The second-order valence-electron chi connectivity index (χ2n) is 6.64. The van der Waals surface area contributed by atoms with Crippen molar-refractivity contribution in [1.29, 1.82) is 0 Å². The van der Waals surface area contributed by atoms with Gasteiger partial charge < -0.3 is 5.32 Å². The Hall–Kier alpha value is -0.510. The predicted molar refractivity (Wildman–Crippen MR) is 92.0 cm³/mol. The predicted octanol–water partition coefficient (Wildman–Crippen LogP) is 3.93. The van der Waals surface area contributed by atoms with E-state index < -0.39 is 0 Å². The smallest absolute Gasteiger partial charge is 0.0385 e. The maximum atomic E-state index is 3.77. The van der Waals surface area contributed by atoms with Crippen molar-refractivity contribution in [2.75, 3.05) is 26.4 Å². The van der Waals surface area contributed by atoms with Crippen LogP contribution in [0.25, 0.3) is 0 Å². The number of nitrogens with zero attached hydrogens (tertiary/aromatic N) is 1. The van der Waals surface area contributed by atoms with E-state index in [0.29, 0.717) is 6.04 Å². The number of nitrogens with one attached hydrogen (secondary N) is 1. The summed E-state index contributed by atoms with van der Waals surface area (Å²) in [5.41, 5.74) is 1.50. The molecular weight excluding hydrogens is 276 g/mol. The van der Waals surface area contributed by atoms with Crippen LogP contribution in [0.15, 0.2) is 29.2 Å². The Morgan fingerprint density at radius 3 is 2.57 bits per heavy atom. The highest BCUT2D eigenvalue weighted by molar-refractivity contribution is 7.98. The molecule has 0 spiro atoms. The van der Waals surface area contributed by atoms with Crippen LogP contribution in [0.3, 0.4) is 0 Å². The molecule has 1 N–H and O–H groups in total. The number of thioether (sulfide) groups is 1. The van der Waals surface area contributed by atoms with E-state index in [1.807, 2.05) is 11.8 Å². The molecule has 116 valence electrons. The fraction of sp³-hybridized carbons (Fsp3) is 0.667. The normalized spacial score (nSPS) is 27.5. The van der Waals surface area contributed by atoms with Crippen molar-refractivity contribution in [2.45, 2.75) is 49.1 Å². The second kappa shape index (κ2) is 7.17. The molecule has 0 bridgehead atoms. The summed E-state index contributed by atoms with van der Waals surface area (Å²) in [4.78, 5) is 3.95. The highest BCUT2D eigenvalue weighted by Crippen LogP contribution is 2.35. The fourth-order valence-electron chi connectivity index (χ4n) is 3.57. The molecule has 1 saturated carbocycles. The zero-order chi connectivity index (χ0) is 14.7. The van der Waals surface area contributed by atoms with E-state index in [1.165, 1.54) is 55.7 Å². The molecule has 1 aromatic rings. The van der Waals surface area contributed by atoms with Crippen molar-refractivity contribution in [1.82, 2.24) is 10.2 Å². The largest absolute Gasteiger partial charge is 0.314 e. The molecular formula is C18H28N2S. The lowest BCUT2D eigenvalue weighted by Gasteiger charge is -2.33. The minimum absolute atomic E-state index is 0.578. The van der Waals surface area contributed by atoms with E-state index in [9.17, 15) is 0 Å².